The van der Waals surface area contributed by atoms with Gasteiger partial charge in [-0.15, -0.1) is 12.4 Å². The molecule has 2 nitrogen and oxygen atoms in total. The second-order valence-electron chi connectivity index (χ2n) is 2.97. The van der Waals surface area contributed by atoms with Crippen molar-refractivity contribution in [3.63, 3.8) is 0 Å². The normalized spacial score (nSPS) is 38.4. The van der Waals surface area contributed by atoms with Gasteiger partial charge in [-0.1, -0.05) is 0 Å². The number of hydrogen-bond donors (Lipinski definition) is 1. The maximum atomic E-state index is 5.54. The summed E-state index contributed by atoms with van der Waals surface area (Å²) in [5.74, 6) is 0.832. The zero-order chi connectivity index (χ0) is 6.10. The Morgan fingerprint density at radius 3 is 3.00 bits per heavy atom. The van der Waals surface area contributed by atoms with Crippen molar-refractivity contribution in [2.75, 3.05) is 19.7 Å². The van der Waals surface area contributed by atoms with Crippen molar-refractivity contribution in [2.24, 2.45) is 5.92 Å². The standard InChI is InChI=1S/C7H13NO.ClH/c1-2-6-4-8-5-7(6)9-3-1;/h6-8H,1-5H2;1H/t6-,7-;/m1./s1. The third-order valence-corrected chi connectivity index (χ3v) is 2.33. The van der Waals surface area contributed by atoms with Gasteiger partial charge in [0.25, 0.3) is 0 Å². The molecule has 0 aromatic rings. The van der Waals surface area contributed by atoms with E-state index < -0.39 is 0 Å². The van der Waals surface area contributed by atoms with Gasteiger partial charge in [0.1, 0.15) is 0 Å². The van der Waals surface area contributed by atoms with Crippen LogP contribution in [-0.4, -0.2) is 25.8 Å². The van der Waals surface area contributed by atoms with Crippen molar-refractivity contribution in [2.45, 2.75) is 18.9 Å². The molecule has 0 unspecified atom stereocenters. The highest BCUT2D eigenvalue weighted by Gasteiger charge is 2.29. The third kappa shape index (κ3) is 1.44. The molecule has 3 heteroatoms. The lowest BCUT2D eigenvalue weighted by atomic mass is 9.98. The van der Waals surface area contributed by atoms with Crippen molar-refractivity contribution < 1.29 is 4.74 Å². The van der Waals surface area contributed by atoms with E-state index in [0.29, 0.717) is 6.10 Å². The van der Waals surface area contributed by atoms with Gasteiger partial charge in [-0.2, -0.15) is 0 Å². The van der Waals surface area contributed by atoms with Crippen LogP contribution in [0.2, 0.25) is 0 Å². The molecule has 0 radical (unpaired) electrons. The summed E-state index contributed by atoms with van der Waals surface area (Å²) in [6, 6.07) is 0. The number of fused-ring (bicyclic) bond motifs is 1. The first-order chi connectivity index (χ1) is 4.47. The Morgan fingerprint density at radius 2 is 2.20 bits per heavy atom. The van der Waals surface area contributed by atoms with E-state index in [0.717, 1.165) is 19.1 Å². The summed E-state index contributed by atoms with van der Waals surface area (Å²) in [6.07, 6.45) is 3.19. The van der Waals surface area contributed by atoms with Crippen LogP contribution in [0.1, 0.15) is 12.8 Å². The van der Waals surface area contributed by atoms with Gasteiger partial charge in [0.2, 0.25) is 0 Å². The molecule has 2 heterocycles. The minimum atomic E-state index is 0. The second kappa shape index (κ2) is 3.56. The van der Waals surface area contributed by atoms with Crippen molar-refractivity contribution in [3.8, 4) is 0 Å². The molecule has 2 rings (SSSR count). The summed E-state index contributed by atoms with van der Waals surface area (Å²) >= 11 is 0. The van der Waals surface area contributed by atoms with Crippen LogP contribution in [0.15, 0.2) is 0 Å². The minimum Gasteiger partial charge on any atom is -0.377 e. The summed E-state index contributed by atoms with van der Waals surface area (Å²) in [5.41, 5.74) is 0. The first-order valence-electron chi connectivity index (χ1n) is 3.79. The molecule has 2 fully saturated rings. The Bertz CT molecular complexity index is 97.8. The van der Waals surface area contributed by atoms with Crippen molar-refractivity contribution in [1.29, 1.82) is 0 Å². The fraction of sp³-hybridized carbons (Fsp3) is 1.00. The van der Waals surface area contributed by atoms with Crippen LogP contribution in [0.3, 0.4) is 0 Å². The molecule has 2 atom stereocenters. The predicted molar refractivity (Wildman–Crippen MR) is 42.6 cm³/mol. The fourth-order valence-corrected chi connectivity index (χ4v) is 1.77. The molecule has 0 aromatic heterocycles. The van der Waals surface area contributed by atoms with E-state index in [1.165, 1.54) is 19.4 Å². The predicted octanol–water partition coefficient (Wildman–Crippen LogP) is 0.807. The molecule has 0 amide bonds. The molecular weight excluding hydrogens is 150 g/mol. The number of hydrogen-bond acceptors (Lipinski definition) is 2. The van der Waals surface area contributed by atoms with Gasteiger partial charge < -0.3 is 10.1 Å². The maximum absolute atomic E-state index is 5.54. The Morgan fingerprint density at radius 1 is 1.30 bits per heavy atom. The second-order valence-corrected chi connectivity index (χ2v) is 2.97. The fourth-order valence-electron chi connectivity index (χ4n) is 1.77. The van der Waals surface area contributed by atoms with Crippen LogP contribution >= 0.6 is 12.4 Å². The largest absolute Gasteiger partial charge is 0.377 e. The van der Waals surface area contributed by atoms with Gasteiger partial charge in [0, 0.05) is 19.7 Å². The lowest BCUT2D eigenvalue weighted by molar-refractivity contribution is 0.000755. The Balaban J connectivity index is 0.000000500. The summed E-state index contributed by atoms with van der Waals surface area (Å²) in [5, 5.41) is 3.34. The average molecular weight is 164 g/mol. The molecule has 2 saturated heterocycles. The Hall–Kier alpha value is 0.210. The number of halogens is 1. The summed E-state index contributed by atoms with van der Waals surface area (Å²) < 4.78 is 5.54. The van der Waals surface area contributed by atoms with Gasteiger partial charge in [-0.25, -0.2) is 0 Å². The average Bonchev–Trinajstić information content (AvgIpc) is 2.33. The molecule has 0 bridgehead atoms. The van der Waals surface area contributed by atoms with Crippen molar-refractivity contribution in [3.05, 3.63) is 0 Å². The van der Waals surface area contributed by atoms with E-state index in [9.17, 15) is 0 Å². The highest BCUT2D eigenvalue weighted by Crippen LogP contribution is 2.22. The zero-order valence-corrected chi connectivity index (χ0v) is 6.82. The summed E-state index contributed by atoms with van der Waals surface area (Å²) in [7, 11) is 0. The molecular formula is C7H14ClNO. The molecule has 0 spiro atoms. The number of rotatable bonds is 0. The highest BCUT2D eigenvalue weighted by molar-refractivity contribution is 5.85. The van der Waals surface area contributed by atoms with E-state index >= 15 is 0 Å². The van der Waals surface area contributed by atoms with E-state index in [1.54, 1.807) is 0 Å². The quantitative estimate of drug-likeness (QED) is 0.571. The Kier molecular flexibility index (Phi) is 2.96. The van der Waals surface area contributed by atoms with E-state index in [1.807, 2.05) is 0 Å². The van der Waals surface area contributed by atoms with Crippen LogP contribution in [-0.2, 0) is 4.74 Å². The van der Waals surface area contributed by atoms with Crippen LogP contribution in [0.4, 0.5) is 0 Å². The summed E-state index contributed by atoms with van der Waals surface area (Å²) in [4.78, 5) is 0. The third-order valence-electron chi connectivity index (χ3n) is 2.33. The van der Waals surface area contributed by atoms with Crippen LogP contribution in [0, 0.1) is 5.92 Å². The molecule has 10 heavy (non-hydrogen) atoms. The topological polar surface area (TPSA) is 21.3 Å². The first-order valence-corrected chi connectivity index (χ1v) is 3.79. The molecule has 2 aliphatic rings. The van der Waals surface area contributed by atoms with Crippen LogP contribution in [0.5, 0.6) is 0 Å². The smallest absolute Gasteiger partial charge is 0.0739 e. The van der Waals surface area contributed by atoms with Crippen molar-refractivity contribution in [1.82, 2.24) is 5.32 Å². The lowest BCUT2D eigenvalue weighted by Crippen LogP contribution is -2.27. The monoisotopic (exact) mass is 163 g/mol. The molecule has 60 valence electrons. The van der Waals surface area contributed by atoms with Gasteiger partial charge >= 0.3 is 0 Å². The first kappa shape index (κ1) is 8.31. The van der Waals surface area contributed by atoms with E-state index in [4.69, 9.17) is 4.74 Å². The lowest BCUT2D eigenvalue weighted by Gasteiger charge is -2.24. The zero-order valence-electron chi connectivity index (χ0n) is 6.01. The minimum absolute atomic E-state index is 0. The highest BCUT2D eigenvalue weighted by atomic mass is 35.5. The van der Waals surface area contributed by atoms with Crippen LogP contribution < -0.4 is 5.32 Å². The molecule has 0 aromatic carbocycles. The van der Waals surface area contributed by atoms with Crippen molar-refractivity contribution >= 4 is 12.4 Å². The molecule has 0 saturated carbocycles. The van der Waals surface area contributed by atoms with E-state index in [-0.39, 0.29) is 12.4 Å². The van der Waals surface area contributed by atoms with Gasteiger partial charge in [-0.3, -0.25) is 0 Å². The summed E-state index contributed by atoms with van der Waals surface area (Å²) in [6.45, 7) is 3.26. The van der Waals surface area contributed by atoms with Gasteiger partial charge in [0.15, 0.2) is 0 Å². The SMILES string of the molecule is C1CO[C@@H]2CNC[C@H]2C1.Cl. The Labute approximate surface area is 67.7 Å². The molecule has 2 aliphatic heterocycles. The number of ether oxygens (including phenoxy) is 1. The van der Waals surface area contributed by atoms with E-state index in [2.05, 4.69) is 5.32 Å². The van der Waals surface area contributed by atoms with Gasteiger partial charge in [0.05, 0.1) is 6.10 Å². The van der Waals surface area contributed by atoms with Gasteiger partial charge in [-0.05, 0) is 18.8 Å². The molecule has 1 N–H and O–H groups in total. The molecule has 0 aliphatic carbocycles. The van der Waals surface area contributed by atoms with Crippen LogP contribution in [0.25, 0.3) is 0 Å². The number of nitrogens with one attached hydrogen (secondary N) is 1. The maximum Gasteiger partial charge on any atom is 0.0739 e.